The minimum absolute atomic E-state index is 0.0957. The summed E-state index contributed by atoms with van der Waals surface area (Å²) in [5.74, 6) is -0.00434. The third kappa shape index (κ3) is 27.8. The van der Waals surface area contributed by atoms with Gasteiger partial charge < -0.3 is 30.2 Å². The molecule has 2 rings (SSSR count). The summed E-state index contributed by atoms with van der Waals surface area (Å²) in [6.45, 7) is 28.2. The zero-order chi connectivity index (χ0) is 46.5. The van der Waals surface area contributed by atoms with E-state index >= 15 is 0 Å². The van der Waals surface area contributed by atoms with Crippen LogP contribution in [0.5, 0.6) is 0 Å². The van der Waals surface area contributed by atoms with Crippen molar-refractivity contribution in [3.8, 4) is 0 Å². The third-order valence-corrected chi connectivity index (χ3v) is 8.18. The molecule has 0 spiro atoms. The standard InChI is InChI=1S/C34H56N6O7.C7H8.C4H10.C2H6/c1-23(19-25-17-12-13-18-35-25)15-14-16-24(2)21-40(39-30(42)28(34(6,7)8)38-32(44)47-11)22-26(45-9)20-36-29(41)27(33(3,4)5)37-31(43)46-10;1-7-5-3-2-4-6-7;1-4(2)3;1-2/h12-13,15-18,26-28H,14,19-22H2,1-11H3,(H,36,41)(H,37,43)(H,38,44)(H,39,42);2-6H,1H3;4H,1-3H3;1-2H3/b23-15+,24-16+;;;. The Morgan fingerprint density at radius 2 is 1.23 bits per heavy atom. The molecule has 340 valence electrons. The van der Waals surface area contributed by atoms with Gasteiger partial charge in [-0.15, -0.1) is 0 Å². The fourth-order valence-electron chi connectivity index (χ4n) is 5.08. The second-order valence-corrected chi connectivity index (χ2v) is 17.1. The number of aromatic nitrogens is 1. The molecule has 0 saturated heterocycles. The summed E-state index contributed by atoms with van der Waals surface area (Å²) in [6, 6.07) is 14.3. The van der Waals surface area contributed by atoms with Crippen LogP contribution in [0.25, 0.3) is 0 Å². The van der Waals surface area contributed by atoms with E-state index in [1.54, 1.807) is 11.2 Å². The van der Waals surface area contributed by atoms with Crippen molar-refractivity contribution in [3.63, 3.8) is 0 Å². The molecule has 0 aliphatic heterocycles. The lowest BCUT2D eigenvalue weighted by Crippen LogP contribution is -2.59. The number of ether oxygens (including phenoxy) is 3. The molecule has 2 aromatic rings. The minimum Gasteiger partial charge on any atom is -0.453 e. The number of pyridine rings is 1. The summed E-state index contributed by atoms with van der Waals surface area (Å²) in [7, 11) is 3.99. The molecule has 13 nitrogen and oxygen atoms in total. The number of amides is 4. The van der Waals surface area contributed by atoms with E-state index in [0.29, 0.717) is 13.0 Å². The van der Waals surface area contributed by atoms with Crippen LogP contribution in [0.2, 0.25) is 0 Å². The minimum atomic E-state index is -0.906. The van der Waals surface area contributed by atoms with Crippen LogP contribution in [0, 0.1) is 23.7 Å². The van der Waals surface area contributed by atoms with E-state index in [2.05, 4.69) is 85.3 Å². The van der Waals surface area contributed by atoms with Gasteiger partial charge in [-0.1, -0.05) is 141 Å². The number of benzene rings is 1. The molecule has 1 aromatic heterocycles. The average molecular weight is 841 g/mol. The number of aryl methyl sites for hydroxylation is 1. The molecule has 0 bridgehead atoms. The number of methoxy groups -OCH3 is 3. The van der Waals surface area contributed by atoms with Gasteiger partial charge in [0.1, 0.15) is 12.1 Å². The highest BCUT2D eigenvalue weighted by Gasteiger charge is 2.35. The summed E-state index contributed by atoms with van der Waals surface area (Å²) >= 11 is 0. The van der Waals surface area contributed by atoms with Gasteiger partial charge in [0.25, 0.3) is 5.91 Å². The Labute approximate surface area is 362 Å². The molecule has 0 aliphatic rings. The molecule has 4 amide bonds. The summed E-state index contributed by atoms with van der Waals surface area (Å²) in [5.41, 5.74) is 6.20. The van der Waals surface area contributed by atoms with Crippen LogP contribution < -0.4 is 21.4 Å². The Bertz CT molecular complexity index is 1550. The van der Waals surface area contributed by atoms with E-state index < -0.39 is 53.0 Å². The van der Waals surface area contributed by atoms with Gasteiger partial charge in [-0.25, -0.2) is 14.6 Å². The molecule has 0 saturated carbocycles. The number of hydrogen-bond acceptors (Lipinski definition) is 9. The smallest absolute Gasteiger partial charge is 0.407 e. The van der Waals surface area contributed by atoms with Crippen LogP contribution in [-0.2, 0) is 30.2 Å². The molecule has 60 heavy (non-hydrogen) atoms. The number of allylic oxidation sites excluding steroid dienone is 3. The molecule has 13 heteroatoms. The highest BCUT2D eigenvalue weighted by molar-refractivity contribution is 5.87. The van der Waals surface area contributed by atoms with Gasteiger partial charge in [-0.3, -0.25) is 20.0 Å². The monoisotopic (exact) mass is 841 g/mol. The molecular formula is C47H80N6O7. The Morgan fingerprint density at radius 3 is 1.65 bits per heavy atom. The largest absolute Gasteiger partial charge is 0.453 e. The first kappa shape index (κ1) is 57.3. The normalized spacial score (nSPS) is 13.1. The lowest BCUT2D eigenvalue weighted by atomic mass is 9.86. The average Bonchev–Trinajstić information content (AvgIpc) is 3.17. The maximum atomic E-state index is 13.6. The maximum Gasteiger partial charge on any atom is 0.407 e. The molecule has 0 fully saturated rings. The molecule has 0 aliphatic carbocycles. The van der Waals surface area contributed by atoms with Crippen LogP contribution in [0.4, 0.5) is 9.59 Å². The first-order valence-electron chi connectivity index (χ1n) is 20.8. The zero-order valence-electron chi connectivity index (χ0n) is 39.9. The summed E-state index contributed by atoms with van der Waals surface area (Å²) in [4.78, 5) is 55.0. The fourth-order valence-corrected chi connectivity index (χ4v) is 5.08. The van der Waals surface area contributed by atoms with Crippen LogP contribution in [0.1, 0.15) is 108 Å². The molecule has 3 unspecified atom stereocenters. The molecule has 4 N–H and O–H groups in total. The van der Waals surface area contributed by atoms with Gasteiger partial charge >= 0.3 is 12.2 Å². The number of carbonyl (C=O) groups excluding carboxylic acids is 4. The molecule has 0 radical (unpaired) electrons. The fraction of sp³-hybridized carbons (Fsp3) is 0.596. The first-order chi connectivity index (χ1) is 28.0. The van der Waals surface area contributed by atoms with Crippen molar-refractivity contribution < 1.29 is 33.4 Å². The Kier molecular flexibility index (Phi) is 29.8. The van der Waals surface area contributed by atoms with Gasteiger partial charge in [-0.2, -0.15) is 0 Å². The van der Waals surface area contributed by atoms with Crippen molar-refractivity contribution in [2.45, 2.75) is 128 Å². The lowest BCUT2D eigenvalue weighted by molar-refractivity contribution is -0.131. The summed E-state index contributed by atoms with van der Waals surface area (Å²) in [5, 5.41) is 9.77. The molecular weight excluding hydrogens is 761 g/mol. The van der Waals surface area contributed by atoms with Gasteiger partial charge in [-0.05, 0) is 56.1 Å². The number of nitrogens with one attached hydrogen (secondary N) is 4. The van der Waals surface area contributed by atoms with E-state index in [1.807, 2.05) is 98.7 Å². The van der Waals surface area contributed by atoms with Gasteiger partial charge in [0.05, 0.1) is 20.3 Å². The summed E-state index contributed by atoms with van der Waals surface area (Å²) < 4.78 is 15.1. The molecule has 1 aromatic carbocycles. The maximum absolute atomic E-state index is 13.6. The highest BCUT2D eigenvalue weighted by Crippen LogP contribution is 2.21. The molecule has 1 heterocycles. The lowest BCUT2D eigenvalue weighted by Gasteiger charge is -2.34. The Hall–Kier alpha value is -4.75. The predicted octanol–water partition coefficient (Wildman–Crippen LogP) is 8.60. The van der Waals surface area contributed by atoms with Crippen molar-refractivity contribution in [3.05, 3.63) is 89.3 Å². The topological polar surface area (TPSA) is 160 Å². The number of nitrogens with zero attached hydrogens (tertiary/aromatic N) is 2. The van der Waals surface area contributed by atoms with Crippen molar-refractivity contribution in [2.75, 3.05) is 41.0 Å². The van der Waals surface area contributed by atoms with Crippen LogP contribution in [0.15, 0.2) is 78.0 Å². The van der Waals surface area contributed by atoms with E-state index in [0.717, 1.165) is 23.6 Å². The zero-order valence-corrected chi connectivity index (χ0v) is 39.9. The number of alkyl carbamates (subject to hydrolysis) is 2. The molecule has 3 atom stereocenters. The quantitative estimate of drug-likeness (QED) is 0.0959. The van der Waals surface area contributed by atoms with Gasteiger partial charge in [0, 0.05) is 45.1 Å². The van der Waals surface area contributed by atoms with Crippen molar-refractivity contribution in [1.82, 2.24) is 31.4 Å². The number of hydrogen-bond donors (Lipinski definition) is 4. The van der Waals surface area contributed by atoms with Crippen LogP contribution >= 0.6 is 0 Å². The predicted molar refractivity (Wildman–Crippen MR) is 244 cm³/mol. The second-order valence-electron chi connectivity index (χ2n) is 17.1. The van der Waals surface area contributed by atoms with E-state index in [4.69, 9.17) is 14.2 Å². The Balaban J connectivity index is 0. The Morgan fingerprint density at radius 1 is 0.750 bits per heavy atom. The first-order valence-corrected chi connectivity index (χ1v) is 20.8. The van der Waals surface area contributed by atoms with Crippen molar-refractivity contribution in [1.29, 1.82) is 0 Å². The van der Waals surface area contributed by atoms with Gasteiger partial charge in [0.2, 0.25) is 5.91 Å². The van der Waals surface area contributed by atoms with Crippen LogP contribution in [-0.4, -0.2) is 93.1 Å². The number of rotatable bonds is 16. The van der Waals surface area contributed by atoms with E-state index in [9.17, 15) is 19.2 Å². The number of hydrazine groups is 1. The van der Waals surface area contributed by atoms with E-state index in [1.165, 1.54) is 32.5 Å². The summed E-state index contributed by atoms with van der Waals surface area (Å²) in [6.07, 6.45) is 5.45. The highest BCUT2D eigenvalue weighted by atomic mass is 16.5. The van der Waals surface area contributed by atoms with Gasteiger partial charge in [0.15, 0.2) is 0 Å². The third-order valence-electron chi connectivity index (χ3n) is 8.18. The second kappa shape index (κ2) is 31.2. The van der Waals surface area contributed by atoms with E-state index in [-0.39, 0.29) is 13.1 Å². The number of carbonyl (C=O) groups is 4. The van der Waals surface area contributed by atoms with Crippen molar-refractivity contribution in [2.24, 2.45) is 16.7 Å². The van der Waals surface area contributed by atoms with Crippen molar-refractivity contribution >= 4 is 24.0 Å². The van der Waals surface area contributed by atoms with Crippen LogP contribution in [0.3, 0.4) is 0 Å². The SMILES string of the molecule is CC.CC(C)C.COC(=O)NC(C(=O)NCC(CN(C/C(C)=C/C/C=C(\C)Cc1ccccn1)NC(=O)C(NC(=O)OC)C(C)(C)C)OC)C(C)(C)C.Cc1ccccc1.